The molecule has 0 aromatic carbocycles. The van der Waals surface area contributed by atoms with Gasteiger partial charge in [-0.25, -0.2) is 9.97 Å². The minimum absolute atomic E-state index is 0.775. The zero-order valence-corrected chi connectivity index (χ0v) is 11.6. The Balaban J connectivity index is 1.82. The van der Waals surface area contributed by atoms with Crippen LogP contribution in [-0.2, 0) is 0 Å². The molecule has 0 radical (unpaired) electrons. The highest BCUT2D eigenvalue weighted by atomic mass is 16.5. The predicted octanol–water partition coefficient (Wildman–Crippen LogP) is 4.39. The maximum atomic E-state index is 5.54. The Hall–Kier alpha value is -1.12. The lowest BCUT2D eigenvalue weighted by Gasteiger charge is -2.04. The molecule has 1 aromatic rings. The number of nitrogens with zero attached hydrogens (tertiary/aromatic N) is 2. The van der Waals surface area contributed by atoms with Crippen molar-refractivity contribution in [3.8, 4) is 5.75 Å². The second-order valence-electron chi connectivity index (χ2n) is 4.75. The Labute approximate surface area is 111 Å². The standard InChI is InChI=1S/C15H26N2O/c1-2-3-4-5-6-7-8-9-10-11-18-15-12-16-14-17-13-15/h12-14H,2-11H2,1H3. The number of unbranched alkanes of at least 4 members (excludes halogenated alkanes) is 8. The van der Waals surface area contributed by atoms with E-state index in [9.17, 15) is 0 Å². The number of hydrogen-bond acceptors (Lipinski definition) is 3. The third kappa shape index (κ3) is 8.04. The largest absolute Gasteiger partial charge is 0.490 e. The van der Waals surface area contributed by atoms with Gasteiger partial charge in [-0.1, -0.05) is 58.3 Å². The molecule has 0 aliphatic heterocycles. The molecule has 0 bridgehead atoms. The maximum Gasteiger partial charge on any atom is 0.155 e. The van der Waals surface area contributed by atoms with Crippen LogP contribution in [0.2, 0.25) is 0 Å². The van der Waals surface area contributed by atoms with Crippen molar-refractivity contribution in [3.05, 3.63) is 18.7 Å². The van der Waals surface area contributed by atoms with Gasteiger partial charge < -0.3 is 4.74 Å². The summed E-state index contributed by atoms with van der Waals surface area (Å²) < 4.78 is 5.54. The van der Waals surface area contributed by atoms with Crippen molar-refractivity contribution in [2.75, 3.05) is 6.61 Å². The van der Waals surface area contributed by atoms with Gasteiger partial charge >= 0.3 is 0 Å². The molecule has 0 unspecified atom stereocenters. The highest BCUT2D eigenvalue weighted by Gasteiger charge is 1.94. The van der Waals surface area contributed by atoms with Crippen molar-refractivity contribution in [2.45, 2.75) is 64.7 Å². The van der Waals surface area contributed by atoms with Crippen molar-refractivity contribution in [1.29, 1.82) is 0 Å². The van der Waals surface area contributed by atoms with E-state index in [2.05, 4.69) is 16.9 Å². The van der Waals surface area contributed by atoms with E-state index in [1.165, 1.54) is 57.7 Å². The monoisotopic (exact) mass is 250 g/mol. The fraction of sp³-hybridized carbons (Fsp3) is 0.733. The third-order valence-electron chi connectivity index (χ3n) is 3.05. The van der Waals surface area contributed by atoms with Gasteiger partial charge in [-0.2, -0.15) is 0 Å². The summed E-state index contributed by atoms with van der Waals surface area (Å²) in [6.07, 6.45) is 17.0. The molecule has 1 aromatic heterocycles. The number of rotatable bonds is 11. The van der Waals surface area contributed by atoms with Gasteiger partial charge in [0.1, 0.15) is 6.33 Å². The summed E-state index contributed by atoms with van der Waals surface area (Å²) in [6.45, 7) is 3.04. The van der Waals surface area contributed by atoms with Crippen LogP contribution >= 0.6 is 0 Å². The van der Waals surface area contributed by atoms with E-state index in [4.69, 9.17) is 4.74 Å². The van der Waals surface area contributed by atoms with Crippen molar-refractivity contribution in [1.82, 2.24) is 9.97 Å². The molecular formula is C15H26N2O. The fourth-order valence-electron chi connectivity index (χ4n) is 1.96. The van der Waals surface area contributed by atoms with E-state index >= 15 is 0 Å². The first-order valence-electron chi connectivity index (χ1n) is 7.31. The minimum Gasteiger partial charge on any atom is -0.490 e. The van der Waals surface area contributed by atoms with E-state index in [-0.39, 0.29) is 0 Å². The first kappa shape index (κ1) is 14.9. The van der Waals surface area contributed by atoms with Crippen molar-refractivity contribution in [2.24, 2.45) is 0 Å². The van der Waals surface area contributed by atoms with Crippen molar-refractivity contribution >= 4 is 0 Å². The molecule has 0 aliphatic rings. The second-order valence-corrected chi connectivity index (χ2v) is 4.75. The highest BCUT2D eigenvalue weighted by molar-refractivity contribution is 5.09. The van der Waals surface area contributed by atoms with E-state index in [0.717, 1.165) is 18.8 Å². The summed E-state index contributed by atoms with van der Waals surface area (Å²) in [5.74, 6) is 0.775. The van der Waals surface area contributed by atoms with Gasteiger partial charge in [0.2, 0.25) is 0 Å². The summed E-state index contributed by atoms with van der Waals surface area (Å²) in [4.78, 5) is 7.82. The van der Waals surface area contributed by atoms with Crippen LogP contribution in [0.15, 0.2) is 18.7 Å². The zero-order chi connectivity index (χ0) is 12.9. The number of hydrogen-bond donors (Lipinski definition) is 0. The molecule has 0 aliphatic carbocycles. The van der Waals surface area contributed by atoms with Gasteiger partial charge in [-0.05, 0) is 6.42 Å². The molecule has 3 nitrogen and oxygen atoms in total. The first-order chi connectivity index (χ1) is 8.93. The Bertz CT molecular complexity index is 277. The average Bonchev–Trinajstić information content (AvgIpc) is 2.42. The SMILES string of the molecule is CCCCCCCCCCCOc1cncnc1. The fourth-order valence-corrected chi connectivity index (χ4v) is 1.96. The molecule has 1 heterocycles. The second kappa shape index (κ2) is 11.0. The maximum absolute atomic E-state index is 5.54. The summed E-state index contributed by atoms with van der Waals surface area (Å²) >= 11 is 0. The van der Waals surface area contributed by atoms with Gasteiger partial charge in [-0.3, -0.25) is 0 Å². The van der Waals surface area contributed by atoms with E-state index in [1.54, 1.807) is 12.4 Å². The number of ether oxygens (including phenoxy) is 1. The number of aromatic nitrogens is 2. The lowest BCUT2D eigenvalue weighted by atomic mass is 10.1. The van der Waals surface area contributed by atoms with E-state index < -0.39 is 0 Å². The molecule has 0 fully saturated rings. The molecule has 0 saturated heterocycles. The molecular weight excluding hydrogens is 224 g/mol. The minimum atomic E-state index is 0.775. The summed E-state index contributed by atoms with van der Waals surface area (Å²) in [6, 6.07) is 0. The lowest BCUT2D eigenvalue weighted by Crippen LogP contribution is -1.97. The summed E-state index contributed by atoms with van der Waals surface area (Å²) in [5, 5.41) is 0. The third-order valence-corrected chi connectivity index (χ3v) is 3.05. The Morgan fingerprint density at radius 2 is 1.39 bits per heavy atom. The average molecular weight is 250 g/mol. The van der Waals surface area contributed by atoms with Crippen LogP contribution in [0.4, 0.5) is 0 Å². The Morgan fingerprint density at radius 3 is 2.00 bits per heavy atom. The Kier molecular flexibility index (Phi) is 9.13. The molecule has 0 amide bonds. The molecule has 1 rings (SSSR count). The van der Waals surface area contributed by atoms with Gasteiger partial charge in [0.15, 0.2) is 5.75 Å². The van der Waals surface area contributed by atoms with Crippen molar-refractivity contribution in [3.63, 3.8) is 0 Å². The van der Waals surface area contributed by atoms with Gasteiger partial charge in [0.05, 0.1) is 19.0 Å². The molecule has 102 valence electrons. The summed E-state index contributed by atoms with van der Waals surface area (Å²) in [7, 11) is 0. The molecule has 0 spiro atoms. The predicted molar refractivity (Wildman–Crippen MR) is 74.8 cm³/mol. The van der Waals surface area contributed by atoms with E-state index in [1.807, 2.05) is 0 Å². The Morgan fingerprint density at radius 1 is 0.833 bits per heavy atom. The summed E-state index contributed by atoms with van der Waals surface area (Å²) in [5.41, 5.74) is 0. The smallest absolute Gasteiger partial charge is 0.155 e. The van der Waals surface area contributed by atoms with Crippen LogP contribution in [-0.4, -0.2) is 16.6 Å². The molecule has 18 heavy (non-hydrogen) atoms. The van der Waals surface area contributed by atoms with Crippen LogP contribution in [0, 0.1) is 0 Å². The van der Waals surface area contributed by atoms with Crippen LogP contribution in [0.25, 0.3) is 0 Å². The normalized spacial score (nSPS) is 10.5. The van der Waals surface area contributed by atoms with Crippen molar-refractivity contribution < 1.29 is 4.74 Å². The van der Waals surface area contributed by atoms with Gasteiger partial charge in [-0.15, -0.1) is 0 Å². The molecule has 0 atom stereocenters. The van der Waals surface area contributed by atoms with E-state index in [0.29, 0.717) is 0 Å². The van der Waals surface area contributed by atoms with Crippen LogP contribution in [0.3, 0.4) is 0 Å². The van der Waals surface area contributed by atoms with Gasteiger partial charge in [0, 0.05) is 0 Å². The van der Waals surface area contributed by atoms with Crippen LogP contribution in [0.5, 0.6) is 5.75 Å². The quantitative estimate of drug-likeness (QED) is 0.546. The van der Waals surface area contributed by atoms with Gasteiger partial charge in [0.25, 0.3) is 0 Å². The lowest BCUT2D eigenvalue weighted by molar-refractivity contribution is 0.302. The van der Waals surface area contributed by atoms with Crippen LogP contribution < -0.4 is 4.74 Å². The zero-order valence-electron chi connectivity index (χ0n) is 11.6. The first-order valence-corrected chi connectivity index (χ1v) is 7.31. The van der Waals surface area contributed by atoms with Crippen LogP contribution in [0.1, 0.15) is 64.7 Å². The molecule has 0 saturated carbocycles. The topological polar surface area (TPSA) is 35.0 Å². The molecule has 3 heteroatoms. The highest BCUT2D eigenvalue weighted by Crippen LogP contribution is 2.10. The molecule has 0 N–H and O–H groups in total.